The molecule has 0 aliphatic heterocycles. The number of carbonyl (C=O) groups is 2. The van der Waals surface area contributed by atoms with Crippen molar-refractivity contribution >= 4 is 19.7 Å². The second kappa shape index (κ2) is 63.5. The van der Waals surface area contributed by atoms with Gasteiger partial charge >= 0.3 is 13.8 Å². The molecule has 3 atom stereocenters. The van der Waals surface area contributed by atoms with Gasteiger partial charge in [-0.1, -0.05) is 293 Å². The Balaban J connectivity index is 5.09. The van der Waals surface area contributed by atoms with E-state index in [2.05, 4.69) is 86.8 Å². The first-order valence-corrected chi connectivity index (χ1v) is 37.3. The van der Waals surface area contributed by atoms with Crippen molar-refractivity contribution in [3.05, 3.63) is 72.9 Å². The fraction of sp³-hybridized carbons (Fsp3) is 0.811. The van der Waals surface area contributed by atoms with Crippen LogP contribution < -0.4 is 5.32 Å². The molecule has 0 spiro atoms. The number of allylic oxidation sites excluding steroid dienone is 11. The molecule has 1 amide bonds. The maximum Gasteiger partial charge on any atom is 0.472 e. The molecule has 84 heavy (non-hydrogen) atoms. The molecule has 0 bridgehead atoms. The van der Waals surface area contributed by atoms with E-state index in [1.54, 1.807) is 0 Å². The lowest BCUT2D eigenvalue weighted by molar-refractivity contribution is -0.870. The minimum absolute atomic E-state index is 0.0350. The zero-order chi connectivity index (χ0) is 61.4. The summed E-state index contributed by atoms with van der Waals surface area (Å²) in [5.41, 5.74) is 0. The van der Waals surface area contributed by atoms with E-state index in [0.717, 1.165) is 96.3 Å². The van der Waals surface area contributed by atoms with Crippen LogP contribution in [-0.4, -0.2) is 74.3 Å². The monoisotopic (exact) mass is 1200 g/mol. The molecule has 0 rings (SSSR count). The summed E-state index contributed by atoms with van der Waals surface area (Å²) < 4.78 is 30.8. The highest BCUT2D eigenvalue weighted by Crippen LogP contribution is 2.43. The van der Waals surface area contributed by atoms with Crippen LogP contribution in [0.3, 0.4) is 0 Å². The number of phosphoric ester groups is 1. The van der Waals surface area contributed by atoms with Gasteiger partial charge in [-0.25, -0.2) is 4.57 Å². The first-order chi connectivity index (χ1) is 40.9. The molecule has 9 nitrogen and oxygen atoms in total. The van der Waals surface area contributed by atoms with Gasteiger partial charge in [-0.15, -0.1) is 0 Å². The van der Waals surface area contributed by atoms with Crippen molar-refractivity contribution in [2.24, 2.45) is 0 Å². The summed E-state index contributed by atoms with van der Waals surface area (Å²) in [6.07, 6.45) is 83.4. The average Bonchev–Trinajstić information content (AvgIpc) is 3.64. The van der Waals surface area contributed by atoms with Crippen molar-refractivity contribution in [1.29, 1.82) is 0 Å². The molecule has 0 saturated carbocycles. The molecule has 0 aliphatic carbocycles. The molecule has 0 fully saturated rings. The number of rotatable bonds is 65. The van der Waals surface area contributed by atoms with Gasteiger partial charge in [0.1, 0.15) is 19.3 Å². The van der Waals surface area contributed by atoms with Crippen LogP contribution in [0.2, 0.25) is 0 Å². The average molecular weight is 1200 g/mol. The lowest BCUT2D eigenvalue weighted by Crippen LogP contribution is -2.47. The quantitative estimate of drug-likeness (QED) is 0.0205. The minimum atomic E-state index is -4.46. The van der Waals surface area contributed by atoms with E-state index in [1.165, 1.54) is 205 Å². The topological polar surface area (TPSA) is 111 Å². The number of nitrogens with zero attached hydrogens (tertiary/aromatic N) is 1. The van der Waals surface area contributed by atoms with Gasteiger partial charge in [0.15, 0.2) is 0 Å². The lowest BCUT2D eigenvalue weighted by Gasteiger charge is -2.27. The highest BCUT2D eigenvalue weighted by atomic mass is 31.2. The van der Waals surface area contributed by atoms with E-state index in [-0.39, 0.29) is 31.5 Å². The van der Waals surface area contributed by atoms with Crippen molar-refractivity contribution < 1.29 is 37.3 Å². The Kier molecular flexibility index (Phi) is 61.5. The standard InChI is InChI=1S/C74H137N2O7P/c1-7-10-13-16-19-22-25-28-30-32-34-36-37-38-39-41-43-45-47-49-52-55-58-61-64-67-74(78)83-72(65-62-59-56-53-50-27-24-21-18-15-12-9-3)71(70-82-84(79,80)81-69-68-76(4,5)6)75-73(77)66-63-60-57-54-51-48-46-44-42-40-35-33-31-29-26-23-20-17-14-11-8-2/h20,23,28-31,35,40,44,46,62,65,71-72H,7-19,21-22,24-27,32-34,36-39,41-43,45,47-61,63-64,66-70H2,1-6H3,(H-,75,77,79,80)/p+1/b23-20-,30-28+,31-29-,40-35-,46-44-,65-62+. The number of ether oxygens (including phenoxy) is 1. The van der Waals surface area contributed by atoms with Crippen LogP contribution in [0.4, 0.5) is 0 Å². The first kappa shape index (κ1) is 81.5. The molecule has 0 aromatic carbocycles. The number of hydrogen-bond donors (Lipinski definition) is 2. The third-order valence-electron chi connectivity index (χ3n) is 15.9. The molecule has 0 aromatic heterocycles. The Morgan fingerprint density at radius 3 is 1.12 bits per heavy atom. The Hall–Kier alpha value is -2.55. The van der Waals surface area contributed by atoms with E-state index in [9.17, 15) is 19.0 Å². The molecule has 0 radical (unpaired) electrons. The fourth-order valence-electron chi connectivity index (χ4n) is 10.3. The van der Waals surface area contributed by atoms with E-state index in [4.69, 9.17) is 13.8 Å². The maximum absolute atomic E-state index is 13.6. The molecular weight excluding hydrogens is 1060 g/mol. The number of nitrogens with one attached hydrogen (secondary N) is 1. The Morgan fingerprint density at radius 2 is 0.726 bits per heavy atom. The Labute approximate surface area is 521 Å². The van der Waals surface area contributed by atoms with Gasteiger partial charge in [-0.05, 0) is 102 Å². The van der Waals surface area contributed by atoms with Gasteiger partial charge in [0, 0.05) is 12.8 Å². The van der Waals surface area contributed by atoms with Gasteiger partial charge in [0.2, 0.25) is 5.91 Å². The van der Waals surface area contributed by atoms with Crippen LogP contribution in [0.15, 0.2) is 72.9 Å². The second-order valence-corrected chi connectivity index (χ2v) is 26.9. The van der Waals surface area contributed by atoms with Crippen LogP contribution in [-0.2, 0) is 27.9 Å². The van der Waals surface area contributed by atoms with E-state index in [1.807, 2.05) is 33.3 Å². The van der Waals surface area contributed by atoms with E-state index in [0.29, 0.717) is 17.4 Å². The zero-order valence-corrected chi connectivity index (χ0v) is 57.0. The Bertz CT molecular complexity index is 1670. The number of hydrogen-bond acceptors (Lipinski definition) is 6. The minimum Gasteiger partial charge on any atom is -0.456 e. The predicted molar refractivity (Wildman–Crippen MR) is 365 cm³/mol. The smallest absolute Gasteiger partial charge is 0.456 e. The highest BCUT2D eigenvalue weighted by molar-refractivity contribution is 7.47. The van der Waals surface area contributed by atoms with Gasteiger partial charge in [0.25, 0.3) is 0 Å². The maximum atomic E-state index is 13.6. The van der Waals surface area contributed by atoms with Crippen LogP contribution >= 0.6 is 7.82 Å². The lowest BCUT2D eigenvalue weighted by atomic mass is 10.0. The van der Waals surface area contributed by atoms with E-state index >= 15 is 0 Å². The number of phosphoric acid groups is 1. The van der Waals surface area contributed by atoms with Crippen molar-refractivity contribution in [1.82, 2.24) is 5.32 Å². The molecule has 0 aromatic rings. The fourth-order valence-corrected chi connectivity index (χ4v) is 11.1. The Morgan fingerprint density at radius 1 is 0.417 bits per heavy atom. The molecule has 0 heterocycles. The summed E-state index contributed by atoms with van der Waals surface area (Å²) in [5.74, 6) is -0.516. The number of carbonyl (C=O) groups excluding carboxylic acids is 2. The van der Waals surface area contributed by atoms with Gasteiger partial charge in [0.05, 0.1) is 33.8 Å². The van der Waals surface area contributed by atoms with Crippen molar-refractivity contribution in [2.75, 3.05) is 40.9 Å². The summed E-state index contributed by atoms with van der Waals surface area (Å²) in [7, 11) is 1.49. The number of unbranched alkanes of at least 4 members (excludes halogenated alkanes) is 39. The molecule has 2 N–H and O–H groups in total. The van der Waals surface area contributed by atoms with Crippen molar-refractivity contribution in [2.45, 2.75) is 348 Å². The largest absolute Gasteiger partial charge is 0.472 e. The van der Waals surface area contributed by atoms with Crippen LogP contribution in [0.5, 0.6) is 0 Å². The zero-order valence-electron chi connectivity index (χ0n) is 56.1. The predicted octanol–water partition coefficient (Wildman–Crippen LogP) is 22.7. The van der Waals surface area contributed by atoms with E-state index < -0.39 is 20.0 Å². The summed E-state index contributed by atoms with van der Waals surface area (Å²) >= 11 is 0. The van der Waals surface area contributed by atoms with Crippen molar-refractivity contribution in [3.8, 4) is 0 Å². The molecule has 10 heteroatoms. The normalized spacial score (nSPS) is 13.9. The van der Waals surface area contributed by atoms with Gasteiger partial charge < -0.3 is 19.4 Å². The van der Waals surface area contributed by atoms with Crippen molar-refractivity contribution in [3.63, 3.8) is 0 Å². The summed E-state index contributed by atoms with van der Waals surface area (Å²) in [4.78, 5) is 37.9. The molecular formula is C74H138N2O7P+. The third kappa shape index (κ3) is 63.9. The van der Waals surface area contributed by atoms with Crippen LogP contribution in [0.25, 0.3) is 0 Å². The number of quaternary nitrogens is 1. The molecule has 0 aliphatic rings. The summed E-state index contributed by atoms with van der Waals surface area (Å²) in [6, 6.07) is -0.861. The number of likely N-dealkylation sites (N-methyl/N-ethyl adjacent to an activating group) is 1. The summed E-state index contributed by atoms with van der Waals surface area (Å²) in [5, 5.41) is 3.06. The van der Waals surface area contributed by atoms with Gasteiger partial charge in [-0.2, -0.15) is 0 Å². The van der Waals surface area contributed by atoms with Crippen LogP contribution in [0, 0.1) is 0 Å². The molecule has 0 saturated heterocycles. The SMILES string of the molecule is CCCCC/C=C\C/C=C\C/C=C\C/C=C\CCCCCCCC(=O)NC(COP(=O)(O)OCC[N+](C)(C)C)C(/C=C/CCCCCCCCCCCC)OC(=O)CCCCCCCCCCCCCCCCC/C=C/CCCCCCCC. The number of esters is 1. The number of amides is 1. The highest BCUT2D eigenvalue weighted by Gasteiger charge is 2.30. The van der Waals surface area contributed by atoms with Gasteiger partial charge in [-0.3, -0.25) is 18.6 Å². The second-order valence-electron chi connectivity index (χ2n) is 25.4. The molecule has 3 unspecified atom stereocenters. The first-order valence-electron chi connectivity index (χ1n) is 35.8. The summed E-state index contributed by atoms with van der Waals surface area (Å²) in [6.45, 7) is 7.00. The van der Waals surface area contributed by atoms with Crippen LogP contribution in [0.1, 0.15) is 335 Å². The third-order valence-corrected chi connectivity index (χ3v) is 16.9. The molecule has 490 valence electrons.